The molecule has 0 radical (unpaired) electrons. The number of likely N-dealkylation sites (N-methyl/N-ethyl adjacent to an activating group) is 1. The quantitative estimate of drug-likeness (QED) is 0.576. The van der Waals surface area contributed by atoms with Crippen molar-refractivity contribution in [3.63, 3.8) is 0 Å². The van der Waals surface area contributed by atoms with Crippen LogP contribution in [0.2, 0.25) is 5.02 Å². The second kappa shape index (κ2) is 10.9. The van der Waals surface area contributed by atoms with E-state index in [-0.39, 0.29) is 17.3 Å². The van der Waals surface area contributed by atoms with Gasteiger partial charge < -0.3 is 10.2 Å². The molecule has 7 nitrogen and oxygen atoms in total. The molecule has 0 bridgehead atoms. The number of sulfonamides is 1. The molecule has 1 heterocycles. The minimum absolute atomic E-state index is 0.113. The first-order valence-electron chi connectivity index (χ1n) is 10.4. The molecule has 1 aliphatic rings. The summed E-state index contributed by atoms with van der Waals surface area (Å²) in [5.41, 5.74) is 1.26. The van der Waals surface area contributed by atoms with Crippen molar-refractivity contribution >= 4 is 33.2 Å². The number of para-hydroxylation sites is 1. The maximum atomic E-state index is 12.5. The number of anilines is 1. The van der Waals surface area contributed by atoms with Crippen LogP contribution in [0.5, 0.6) is 0 Å². The van der Waals surface area contributed by atoms with E-state index in [4.69, 9.17) is 11.6 Å². The lowest BCUT2D eigenvalue weighted by molar-refractivity contribution is -0.121. The summed E-state index contributed by atoms with van der Waals surface area (Å²) in [6, 6.07) is 16.3. The molecule has 1 saturated heterocycles. The third-order valence-electron chi connectivity index (χ3n) is 5.36. The number of hydrogen-bond donors (Lipinski definition) is 1. The van der Waals surface area contributed by atoms with Crippen LogP contribution in [0.4, 0.5) is 5.69 Å². The molecule has 1 aliphatic heterocycles. The first-order chi connectivity index (χ1) is 14.9. The molecule has 168 valence electrons. The average molecular weight is 465 g/mol. The van der Waals surface area contributed by atoms with Crippen LogP contribution in [0.1, 0.15) is 6.42 Å². The first kappa shape index (κ1) is 23.5. The Bertz CT molecular complexity index is 946. The largest absolute Gasteiger partial charge is 0.369 e. The van der Waals surface area contributed by atoms with E-state index in [1.807, 2.05) is 6.07 Å². The van der Waals surface area contributed by atoms with Crippen LogP contribution >= 0.6 is 11.6 Å². The van der Waals surface area contributed by atoms with Gasteiger partial charge in [0, 0.05) is 50.5 Å². The lowest BCUT2D eigenvalue weighted by Crippen LogP contribution is -2.47. The summed E-state index contributed by atoms with van der Waals surface area (Å²) >= 11 is 5.81. The first-order valence-corrected chi connectivity index (χ1v) is 12.2. The molecule has 1 fully saturated rings. The number of piperazine rings is 1. The summed E-state index contributed by atoms with van der Waals surface area (Å²) in [7, 11) is -2.33. The van der Waals surface area contributed by atoms with Gasteiger partial charge in [0.2, 0.25) is 15.9 Å². The van der Waals surface area contributed by atoms with Gasteiger partial charge in [-0.05, 0) is 49.4 Å². The molecule has 0 unspecified atom stereocenters. The SMILES string of the molecule is CN(CC(=O)NCCCN1CCN(c2ccccc2)CC1)S(=O)(=O)c1ccc(Cl)cc1. The number of carbonyl (C=O) groups excluding carboxylic acids is 1. The van der Waals surface area contributed by atoms with Gasteiger partial charge in [-0.25, -0.2) is 8.42 Å². The van der Waals surface area contributed by atoms with Gasteiger partial charge in [-0.1, -0.05) is 29.8 Å². The Balaban J connectivity index is 1.34. The van der Waals surface area contributed by atoms with Crippen molar-refractivity contribution in [3.8, 4) is 0 Å². The van der Waals surface area contributed by atoms with E-state index < -0.39 is 10.0 Å². The van der Waals surface area contributed by atoms with Gasteiger partial charge >= 0.3 is 0 Å². The highest BCUT2D eigenvalue weighted by molar-refractivity contribution is 7.89. The van der Waals surface area contributed by atoms with Crippen LogP contribution in [0.15, 0.2) is 59.5 Å². The number of benzene rings is 2. The summed E-state index contributed by atoms with van der Waals surface area (Å²) in [6.45, 7) is 5.17. The zero-order chi connectivity index (χ0) is 22.3. The van der Waals surface area contributed by atoms with Gasteiger partial charge in [0.15, 0.2) is 0 Å². The number of nitrogens with one attached hydrogen (secondary N) is 1. The molecule has 0 spiro atoms. The van der Waals surface area contributed by atoms with Gasteiger partial charge in [0.25, 0.3) is 0 Å². The highest BCUT2D eigenvalue weighted by Crippen LogP contribution is 2.17. The van der Waals surface area contributed by atoms with Crippen molar-refractivity contribution in [1.29, 1.82) is 0 Å². The Morgan fingerprint density at radius 2 is 1.68 bits per heavy atom. The Kier molecular flexibility index (Phi) is 8.31. The Morgan fingerprint density at radius 3 is 2.32 bits per heavy atom. The van der Waals surface area contributed by atoms with Crippen LogP contribution in [0.3, 0.4) is 0 Å². The summed E-state index contributed by atoms with van der Waals surface area (Å²) in [6.07, 6.45) is 0.824. The van der Waals surface area contributed by atoms with E-state index >= 15 is 0 Å². The van der Waals surface area contributed by atoms with Crippen molar-refractivity contribution in [2.45, 2.75) is 11.3 Å². The fourth-order valence-corrected chi connectivity index (χ4v) is 4.78. The second-order valence-corrected chi connectivity index (χ2v) is 10.1. The number of nitrogens with zero attached hydrogens (tertiary/aromatic N) is 3. The fourth-order valence-electron chi connectivity index (χ4n) is 3.53. The van der Waals surface area contributed by atoms with Crippen molar-refractivity contribution < 1.29 is 13.2 Å². The molecule has 0 aromatic heterocycles. The van der Waals surface area contributed by atoms with Crippen molar-refractivity contribution in [3.05, 3.63) is 59.6 Å². The molecular weight excluding hydrogens is 436 g/mol. The third kappa shape index (κ3) is 6.67. The molecule has 0 aliphatic carbocycles. The summed E-state index contributed by atoms with van der Waals surface area (Å²) in [4.78, 5) is 17.1. The fraction of sp³-hybridized carbons (Fsp3) is 0.409. The minimum Gasteiger partial charge on any atom is -0.369 e. The molecule has 2 aromatic carbocycles. The Hall–Kier alpha value is -2.13. The van der Waals surface area contributed by atoms with Crippen LogP contribution in [0.25, 0.3) is 0 Å². The van der Waals surface area contributed by atoms with Crippen molar-refractivity contribution in [2.24, 2.45) is 0 Å². The molecular formula is C22H29ClN4O3S. The Labute approximate surface area is 189 Å². The average Bonchev–Trinajstić information content (AvgIpc) is 2.78. The minimum atomic E-state index is -3.73. The van der Waals surface area contributed by atoms with E-state index in [0.29, 0.717) is 11.6 Å². The Morgan fingerprint density at radius 1 is 1.03 bits per heavy atom. The second-order valence-electron chi connectivity index (χ2n) is 7.58. The van der Waals surface area contributed by atoms with Gasteiger partial charge in [-0.3, -0.25) is 9.69 Å². The van der Waals surface area contributed by atoms with Crippen LogP contribution in [-0.2, 0) is 14.8 Å². The van der Waals surface area contributed by atoms with E-state index in [1.54, 1.807) is 0 Å². The van der Waals surface area contributed by atoms with Crippen LogP contribution in [-0.4, -0.2) is 76.4 Å². The molecule has 0 atom stereocenters. The lowest BCUT2D eigenvalue weighted by atomic mass is 10.2. The van der Waals surface area contributed by atoms with E-state index in [0.717, 1.165) is 43.4 Å². The lowest BCUT2D eigenvalue weighted by Gasteiger charge is -2.36. The highest BCUT2D eigenvalue weighted by atomic mass is 35.5. The maximum Gasteiger partial charge on any atom is 0.243 e. The standard InChI is InChI=1S/C22H29ClN4O3S/c1-25(31(29,30)21-10-8-19(23)9-11-21)18-22(28)24-12-5-13-26-14-16-27(17-15-26)20-6-3-2-4-7-20/h2-4,6-11H,5,12-18H2,1H3,(H,24,28). The zero-order valence-corrected chi connectivity index (χ0v) is 19.3. The maximum absolute atomic E-state index is 12.5. The summed E-state index contributed by atoms with van der Waals surface area (Å²) in [5.74, 6) is -0.311. The molecule has 3 rings (SSSR count). The summed E-state index contributed by atoms with van der Waals surface area (Å²) < 4.78 is 26.1. The monoisotopic (exact) mass is 464 g/mol. The zero-order valence-electron chi connectivity index (χ0n) is 17.7. The van der Waals surface area contributed by atoms with Crippen LogP contribution < -0.4 is 10.2 Å². The van der Waals surface area contributed by atoms with Crippen molar-refractivity contribution in [1.82, 2.24) is 14.5 Å². The highest BCUT2D eigenvalue weighted by Gasteiger charge is 2.23. The predicted molar refractivity (Wildman–Crippen MR) is 124 cm³/mol. The van der Waals surface area contributed by atoms with Crippen LogP contribution in [0, 0.1) is 0 Å². The molecule has 31 heavy (non-hydrogen) atoms. The molecule has 1 amide bonds. The van der Waals surface area contributed by atoms with E-state index in [2.05, 4.69) is 39.4 Å². The number of carbonyl (C=O) groups is 1. The van der Waals surface area contributed by atoms with Crippen molar-refractivity contribution in [2.75, 3.05) is 57.8 Å². The van der Waals surface area contributed by atoms with E-state index in [9.17, 15) is 13.2 Å². The number of halogens is 1. The van der Waals surface area contributed by atoms with Gasteiger partial charge in [0.05, 0.1) is 11.4 Å². The van der Waals surface area contributed by atoms with Gasteiger partial charge in [0.1, 0.15) is 0 Å². The normalized spacial score (nSPS) is 15.3. The smallest absolute Gasteiger partial charge is 0.243 e. The molecule has 9 heteroatoms. The predicted octanol–water partition coefficient (Wildman–Crippen LogP) is 2.29. The van der Waals surface area contributed by atoms with Gasteiger partial charge in [-0.15, -0.1) is 0 Å². The molecule has 1 N–H and O–H groups in total. The topological polar surface area (TPSA) is 73.0 Å². The summed E-state index contributed by atoms with van der Waals surface area (Å²) in [5, 5.41) is 3.28. The molecule has 0 saturated carbocycles. The number of hydrogen-bond acceptors (Lipinski definition) is 5. The number of amides is 1. The number of rotatable bonds is 9. The van der Waals surface area contributed by atoms with E-state index in [1.165, 1.54) is 37.0 Å². The molecule has 2 aromatic rings. The third-order valence-corrected chi connectivity index (χ3v) is 7.42. The van der Waals surface area contributed by atoms with Gasteiger partial charge in [-0.2, -0.15) is 4.31 Å².